The maximum Gasteiger partial charge on any atom is 0.255 e. The van der Waals surface area contributed by atoms with E-state index >= 15 is 0 Å². The second-order valence-electron chi connectivity index (χ2n) is 6.52. The molecule has 0 saturated heterocycles. The summed E-state index contributed by atoms with van der Waals surface area (Å²) < 4.78 is 5.89. The molecule has 27 heavy (non-hydrogen) atoms. The van der Waals surface area contributed by atoms with E-state index in [4.69, 9.17) is 4.42 Å². The molecule has 0 atom stereocenters. The standard InChI is InChI=1S/C23H20N2O2/c1-3-16-11-12-21-20(13-16)25-23(27-21)17-8-6-9-18(14-17)24-22(26)19-10-5-4-7-15(19)2/h4-14H,3H2,1-2H3,(H,24,26). The van der Waals surface area contributed by atoms with Gasteiger partial charge in [-0.3, -0.25) is 4.79 Å². The summed E-state index contributed by atoms with van der Waals surface area (Å²) in [5.41, 5.74) is 5.97. The first kappa shape index (κ1) is 17.0. The van der Waals surface area contributed by atoms with Crippen molar-refractivity contribution in [3.63, 3.8) is 0 Å². The number of aryl methyl sites for hydroxylation is 2. The molecule has 1 amide bonds. The molecule has 0 aliphatic heterocycles. The number of rotatable bonds is 4. The van der Waals surface area contributed by atoms with E-state index in [-0.39, 0.29) is 5.91 Å². The Morgan fingerprint density at radius 1 is 1.04 bits per heavy atom. The minimum absolute atomic E-state index is 0.129. The first-order valence-corrected chi connectivity index (χ1v) is 9.01. The van der Waals surface area contributed by atoms with Crippen LogP contribution in [0.25, 0.3) is 22.6 Å². The third kappa shape index (κ3) is 3.47. The van der Waals surface area contributed by atoms with E-state index in [1.54, 1.807) is 0 Å². The van der Waals surface area contributed by atoms with Crippen LogP contribution >= 0.6 is 0 Å². The number of amides is 1. The SMILES string of the molecule is CCc1ccc2oc(-c3cccc(NC(=O)c4ccccc4C)c3)nc2c1. The molecule has 1 heterocycles. The van der Waals surface area contributed by atoms with Gasteiger partial charge in [0.15, 0.2) is 5.58 Å². The van der Waals surface area contributed by atoms with Gasteiger partial charge in [0.25, 0.3) is 5.91 Å². The Bertz CT molecular complexity index is 1130. The zero-order chi connectivity index (χ0) is 18.8. The molecular formula is C23H20N2O2. The minimum Gasteiger partial charge on any atom is -0.436 e. The smallest absolute Gasteiger partial charge is 0.255 e. The molecule has 1 N–H and O–H groups in total. The third-order valence-electron chi connectivity index (χ3n) is 4.62. The summed E-state index contributed by atoms with van der Waals surface area (Å²) in [6, 6.07) is 21.1. The Morgan fingerprint density at radius 3 is 2.70 bits per heavy atom. The number of carbonyl (C=O) groups excluding carboxylic acids is 1. The highest BCUT2D eigenvalue weighted by molar-refractivity contribution is 6.05. The van der Waals surface area contributed by atoms with E-state index < -0.39 is 0 Å². The van der Waals surface area contributed by atoms with Gasteiger partial charge in [-0.15, -0.1) is 0 Å². The lowest BCUT2D eigenvalue weighted by molar-refractivity contribution is 0.102. The van der Waals surface area contributed by atoms with Crippen LogP contribution in [0, 0.1) is 6.92 Å². The second kappa shape index (κ2) is 7.08. The van der Waals surface area contributed by atoms with Crippen molar-refractivity contribution in [3.8, 4) is 11.5 Å². The number of hydrogen-bond donors (Lipinski definition) is 1. The number of nitrogens with zero attached hydrogens (tertiary/aromatic N) is 1. The van der Waals surface area contributed by atoms with Crippen LogP contribution in [0.2, 0.25) is 0 Å². The van der Waals surface area contributed by atoms with Crippen LogP contribution in [0.3, 0.4) is 0 Å². The van der Waals surface area contributed by atoms with E-state index in [1.807, 2.05) is 67.6 Å². The first-order valence-electron chi connectivity index (χ1n) is 9.01. The van der Waals surface area contributed by atoms with Crippen molar-refractivity contribution in [1.82, 2.24) is 4.98 Å². The molecule has 0 aliphatic rings. The van der Waals surface area contributed by atoms with Gasteiger partial charge in [0.2, 0.25) is 5.89 Å². The molecule has 0 spiro atoms. The Labute approximate surface area is 157 Å². The highest BCUT2D eigenvalue weighted by Crippen LogP contribution is 2.27. The van der Waals surface area contributed by atoms with Crippen LogP contribution in [-0.4, -0.2) is 10.9 Å². The summed E-state index contributed by atoms with van der Waals surface area (Å²) in [4.78, 5) is 17.1. The molecule has 3 aromatic carbocycles. The molecule has 1 aromatic heterocycles. The van der Waals surface area contributed by atoms with E-state index in [9.17, 15) is 4.79 Å². The van der Waals surface area contributed by atoms with Crippen molar-refractivity contribution in [2.45, 2.75) is 20.3 Å². The maximum atomic E-state index is 12.5. The van der Waals surface area contributed by atoms with Crippen LogP contribution < -0.4 is 5.32 Å². The predicted octanol–water partition coefficient (Wildman–Crippen LogP) is 5.62. The van der Waals surface area contributed by atoms with Gasteiger partial charge in [-0.05, 0) is 60.9 Å². The van der Waals surface area contributed by atoms with Gasteiger partial charge in [0, 0.05) is 16.8 Å². The molecule has 4 nitrogen and oxygen atoms in total. The van der Waals surface area contributed by atoms with Gasteiger partial charge >= 0.3 is 0 Å². The lowest BCUT2D eigenvalue weighted by Gasteiger charge is -2.08. The number of hydrogen-bond acceptors (Lipinski definition) is 3. The van der Waals surface area contributed by atoms with E-state index in [1.165, 1.54) is 5.56 Å². The average molecular weight is 356 g/mol. The number of aromatic nitrogens is 1. The summed E-state index contributed by atoms with van der Waals surface area (Å²) in [5.74, 6) is 0.417. The molecular weight excluding hydrogens is 336 g/mol. The number of benzene rings is 3. The highest BCUT2D eigenvalue weighted by atomic mass is 16.3. The fourth-order valence-electron chi connectivity index (χ4n) is 3.07. The summed E-state index contributed by atoms with van der Waals surface area (Å²) >= 11 is 0. The fraction of sp³-hybridized carbons (Fsp3) is 0.130. The Hall–Kier alpha value is -3.40. The van der Waals surface area contributed by atoms with E-state index in [0.717, 1.165) is 28.6 Å². The monoisotopic (exact) mass is 356 g/mol. The van der Waals surface area contributed by atoms with Gasteiger partial charge in [-0.25, -0.2) is 4.98 Å². The fourth-order valence-corrected chi connectivity index (χ4v) is 3.07. The van der Waals surface area contributed by atoms with Gasteiger partial charge in [0.05, 0.1) is 0 Å². The normalized spacial score (nSPS) is 10.9. The van der Waals surface area contributed by atoms with Crippen LogP contribution in [0.4, 0.5) is 5.69 Å². The topological polar surface area (TPSA) is 55.1 Å². The van der Waals surface area contributed by atoms with Crippen LogP contribution in [-0.2, 0) is 6.42 Å². The summed E-state index contributed by atoms with van der Waals surface area (Å²) in [6.45, 7) is 4.04. The molecule has 0 fully saturated rings. The molecule has 4 rings (SSSR count). The molecule has 4 aromatic rings. The van der Waals surface area contributed by atoms with Gasteiger partial charge in [-0.2, -0.15) is 0 Å². The van der Waals surface area contributed by atoms with Crippen molar-refractivity contribution in [2.75, 3.05) is 5.32 Å². The molecule has 0 radical (unpaired) electrons. The van der Waals surface area contributed by atoms with Crippen molar-refractivity contribution in [3.05, 3.63) is 83.4 Å². The van der Waals surface area contributed by atoms with Crippen molar-refractivity contribution in [1.29, 1.82) is 0 Å². The molecule has 0 saturated carbocycles. The highest BCUT2D eigenvalue weighted by Gasteiger charge is 2.12. The molecule has 4 heteroatoms. The second-order valence-corrected chi connectivity index (χ2v) is 6.52. The van der Waals surface area contributed by atoms with E-state index in [2.05, 4.69) is 23.3 Å². The summed E-state index contributed by atoms with van der Waals surface area (Å²) in [6.07, 6.45) is 0.957. The summed E-state index contributed by atoms with van der Waals surface area (Å²) in [5, 5.41) is 2.95. The number of anilines is 1. The third-order valence-corrected chi connectivity index (χ3v) is 4.62. The zero-order valence-corrected chi connectivity index (χ0v) is 15.3. The van der Waals surface area contributed by atoms with E-state index in [0.29, 0.717) is 17.1 Å². The zero-order valence-electron chi connectivity index (χ0n) is 15.3. The molecule has 0 bridgehead atoms. The van der Waals surface area contributed by atoms with Crippen molar-refractivity contribution >= 4 is 22.7 Å². The van der Waals surface area contributed by atoms with Crippen molar-refractivity contribution in [2.24, 2.45) is 0 Å². The molecule has 0 aliphatic carbocycles. The first-order chi connectivity index (χ1) is 13.1. The maximum absolute atomic E-state index is 12.5. The Kier molecular flexibility index (Phi) is 4.47. The Morgan fingerprint density at radius 2 is 1.89 bits per heavy atom. The number of fused-ring (bicyclic) bond motifs is 1. The Balaban J connectivity index is 1.63. The molecule has 134 valence electrons. The number of oxazole rings is 1. The molecule has 0 unspecified atom stereocenters. The lowest BCUT2D eigenvalue weighted by Crippen LogP contribution is -2.13. The quantitative estimate of drug-likeness (QED) is 0.516. The minimum atomic E-state index is -0.129. The van der Waals surface area contributed by atoms with Crippen LogP contribution in [0.15, 0.2) is 71.1 Å². The van der Waals surface area contributed by atoms with Crippen LogP contribution in [0.5, 0.6) is 0 Å². The van der Waals surface area contributed by atoms with Gasteiger partial charge in [-0.1, -0.05) is 37.3 Å². The average Bonchev–Trinajstić information content (AvgIpc) is 3.11. The largest absolute Gasteiger partial charge is 0.436 e. The van der Waals surface area contributed by atoms with Crippen LogP contribution in [0.1, 0.15) is 28.4 Å². The van der Waals surface area contributed by atoms with Gasteiger partial charge in [0.1, 0.15) is 5.52 Å². The van der Waals surface area contributed by atoms with Gasteiger partial charge < -0.3 is 9.73 Å². The predicted molar refractivity (Wildman–Crippen MR) is 108 cm³/mol. The van der Waals surface area contributed by atoms with Crippen molar-refractivity contribution < 1.29 is 9.21 Å². The lowest BCUT2D eigenvalue weighted by atomic mass is 10.1. The number of nitrogens with one attached hydrogen (secondary N) is 1. The summed E-state index contributed by atoms with van der Waals surface area (Å²) in [7, 11) is 0. The number of carbonyl (C=O) groups is 1.